The van der Waals surface area contributed by atoms with Crippen LogP contribution in [0.15, 0.2) is 112 Å². The van der Waals surface area contributed by atoms with E-state index in [-0.39, 0.29) is 11.7 Å². The summed E-state index contributed by atoms with van der Waals surface area (Å²) in [6, 6.07) is 31.5. The molecule has 3 aliphatic rings. The van der Waals surface area contributed by atoms with Gasteiger partial charge in [0.25, 0.3) is 5.84 Å². The number of allylic oxidation sites excluding steroid dienone is 1. The van der Waals surface area contributed by atoms with E-state index >= 15 is 8.63 Å². The molecule has 0 radical (unpaired) electrons. The van der Waals surface area contributed by atoms with Crippen molar-refractivity contribution in [2.24, 2.45) is 4.99 Å². The Morgan fingerprint density at radius 3 is 2.25 bits per heavy atom. The summed E-state index contributed by atoms with van der Waals surface area (Å²) in [6.45, 7) is -5.00. The first-order valence-electron chi connectivity index (χ1n) is 15.5. The third-order valence-electron chi connectivity index (χ3n) is 9.06. The molecule has 0 fully saturated rings. The number of carboxylic acid groups (broad SMARTS) is 1. The fourth-order valence-electron chi connectivity index (χ4n) is 7.04. The van der Waals surface area contributed by atoms with Gasteiger partial charge >= 0.3 is 12.9 Å². The summed E-state index contributed by atoms with van der Waals surface area (Å²) in [6.07, 6.45) is 1.07. The monoisotopic (exact) mass is 753 g/mol. The number of hydrogen-bond donors (Lipinski definition) is 1. The van der Waals surface area contributed by atoms with Crippen molar-refractivity contribution < 1.29 is 32.5 Å². The van der Waals surface area contributed by atoms with Crippen LogP contribution in [0, 0.1) is 0 Å². The standard InChI is InChI=1S/C37H27BF2IN3O4/c1-47-26-15-12-24(13-16-26)34-33(41)32(23-10-6-3-7-11-23)37-42-36-31(22-8-4-2-5-9-22)29-18-14-25-20-27(48-21-30(45)46)17-19-28(25)35(29)44(36)38(39,40)43(34)37/h2-13,15-17,19-20H,14,18,21H2,1H3,(H,45,46). The van der Waals surface area contributed by atoms with Crippen molar-refractivity contribution in [3.63, 3.8) is 0 Å². The lowest BCUT2D eigenvalue weighted by atomic mass is 9.85. The van der Waals surface area contributed by atoms with E-state index in [1.54, 1.807) is 49.6 Å². The lowest BCUT2D eigenvalue weighted by Gasteiger charge is -2.33. The first-order chi connectivity index (χ1) is 23.3. The third kappa shape index (κ3) is 4.70. The molecular weight excluding hydrogens is 726 g/mol. The van der Waals surface area contributed by atoms with Crippen molar-refractivity contribution >= 4 is 58.5 Å². The molecule has 0 amide bonds. The van der Waals surface area contributed by atoms with Gasteiger partial charge in [0.05, 0.1) is 21.8 Å². The number of methoxy groups -OCH3 is 1. The van der Waals surface area contributed by atoms with E-state index in [0.717, 1.165) is 31.2 Å². The van der Waals surface area contributed by atoms with Gasteiger partial charge in [0.2, 0.25) is 5.82 Å². The second-order valence-corrected chi connectivity index (χ2v) is 12.9. The fraction of sp³-hybridized carbons (Fsp3) is 0.108. The summed E-state index contributed by atoms with van der Waals surface area (Å²) in [7, 11) is 1.57. The number of hydrogen-bond acceptors (Lipinski definition) is 4. The van der Waals surface area contributed by atoms with Crippen LogP contribution in [0.25, 0.3) is 28.0 Å². The van der Waals surface area contributed by atoms with Gasteiger partial charge in [0, 0.05) is 11.3 Å². The maximum atomic E-state index is 17.9. The van der Waals surface area contributed by atoms with Crippen molar-refractivity contribution in [1.29, 1.82) is 0 Å². The largest absolute Gasteiger partial charge is 0.642 e. The number of halogens is 3. The predicted octanol–water partition coefficient (Wildman–Crippen LogP) is 8.02. The highest BCUT2D eigenvalue weighted by Gasteiger charge is 2.56. The number of ether oxygens (including phenoxy) is 2. The Labute approximate surface area is 288 Å². The third-order valence-corrected chi connectivity index (χ3v) is 10.1. The lowest BCUT2D eigenvalue weighted by molar-refractivity contribution is -0.291. The zero-order valence-electron chi connectivity index (χ0n) is 25.7. The molecule has 238 valence electrons. The number of carboxylic acids is 1. The number of aliphatic carboxylic acids is 1. The Kier molecular flexibility index (Phi) is 7.32. The van der Waals surface area contributed by atoms with Gasteiger partial charge in [-0.2, -0.15) is 0 Å². The highest BCUT2D eigenvalue weighted by molar-refractivity contribution is 14.1. The van der Waals surface area contributed by atoms with Crippen LogP contribution in [0.3, 0.4) is 0 Å². The molecule has 11 heteroatoms. The summed E-state index contributed by atoms with van der Waals surface area (Å²) < 4.78 is 49.6. The van der Waals surface area contributed by atoms with Crippen molar-refractivity contribution in [2.45, 2.75) is 12.8 Å². The van der Waals surface area contributed by atoms with Crippen molar-refractivity contribution in [2.75, 3.05) is 13.7 Å². The molecule has 1 aliphatic carbocycles. The molecule has 1 aromatic heterocycles. The molecule has 4 aromatic carbocycles. The van der Waals surface area contributed by atoms with E-state index in [9.17, 15) is 4.79 Å². The minimum atomic E-state index is -4.51. The number of aryl methyl sites for hydroxylation is 1. The molecular formula is C37H27BF2IN3O4. The second-order valence-electron chi connectivity index (χ2n) is 11.8. The quantitative estimate of drug-likeness (QED) is 0.135. The Morgan fingerprint density at radius 2 is 1.58 bits per heavy atom. The average Bonchev–Trinajstić information content (AvgIpc) is 3.61. The zero-order chi connectivity index (χ0) is 33.2. The van der Waals surface area contributed by atoms with Gasteiger partial charge in [-0.15, -0.1) is 0 Å². The minimum absolute atomic E-state index is 0.207. The van der Waals surface area contributed by atoms with Crippen LogP contribution in [0.1, 0.15) is 22.3 Å². The molecule has 0 atom stereocenters. The van der Waals surface area contributed by atoms with Crippen LogP contribution in [-0.2, 0) is 17.6 Å². The SMILES string of the molecule is COc1ccc(C2=[N+]3C(=Nc4c(-c5ccccc5)c5c(n4[B-]3(F)F)-c3ccc(OCC(=O)O)cc3CC5)C(c3ccccc3)=C2I)cc1. The van der Waals surface area contributed by atoms with Gasteiger partial charge < -0.3 is 32.2 Å². The van der Waals surface area contributed by atoms with Gasteiger partial charge in [-0.1, -0.05) is 60.7 Å². The summed E-state index contributed by atoms with van der Waals surface area (Å²) in [5.41, 5.74) is 6.63. The van der Waals surface area contributed by atoms with Crippen molar-refractivity contribution in [3.8, 4) is 33.9 Å². The van der Waals surface area contributed by atoms with Crippen LogP contribution < -0.4 is 9.47 Å². The molecule has 3 heterocycles. The Hall–Kier alpha value is -5.04. The van der Waals surface area contributed by atoms with E-state index in [1.165, 1.54) is 0 Å². The molecule has 0 spiro atoms. The smallest absolute Gasteiger partial charge is 0.497 e. The van der Waals surface area contributed by atoms with Crippen molar-refractivity contribution in [3.05, 3.63) is 129 Å². The van der Waals surface area contributed by atoms with E-state index in [2.05, 4.69) is 22.6 Å². The molecule has 0 saturated carbocycles. The Morgan fingerprint density at radius 1 is 0.917 bits per heavy atom. The predicted molar refractivity (Wildman–Crippen MR) is 191 cm³/mol. The first kappa shape index (κ1) is 30.3. The van der Waals surface area contributed by atoms with Gasteiger partial charge in [-0.25, -0.2) is 4.79 Å². The molecule has 0 unspecified atom stereocenters. The molecule has 5 aromatic rings. The van der Waals surface area contributed by atoms with Crippen LogP contribution in [0.2, 0.25) is 0 Å². The molecule has 2 aliphatic heterocycles. The van der Waals surface area contributed by atoms with Gasteiger partial charge in [0.15, 0.2) is 6.61 Å². The lowest BCUT2D eigenvalue weighted by Crippen LogP contribution is -2.53. The van der Waals surface area contributed by atoms with E-state index in [1.807, 2.05) is 60.7 Å². The summed E-state index contributed by atoms with van der Waals surface area (Å²) >= 11 is 2.18. The average molecular weight is 753 g/mol. The fourth-order valence-corrected chi connectivity index (χ4v) is 8.16. The zero-order valence-corrected chi connectivity index (χ0v) is 27.8. The first-order valence-corrected chi connectivity index (χ1v) is 16.5. The highest BCUT2D eigenvalue weighted by Crippen LogP contribution is 2.52. The number of aliphatic imine (C=N–C) groups is 1. The van der Waals surface area contributed by atoms with Crippen LogP contribution in [-0.4, -0.2) is 52.3 Å². The highest BCUT2D eigenvalue weighted by atomic mass is 127. The molecule has 7 nitrogen and oxygen atoms in total. The van der Waals surface area contributed by atoms with E-state index in [4.69, 9.17) is 19.6 Å². The number of fused-ring (bicyclic) bond motifs is 6. The number of benzene rings is 4. The Balaban J connectivity index is 1.43. The number of amidine groups is 1. The summed E-state index contributed by atoms with van der Waals surface area (Å²) in [5.74, 6) is 0.342. The summed E-state index contributed by atoms with van der Waals surface area (Å²) in [4.78, 5) is 16.3. The van der Waals surface area contributed by atoms with Crippen molar-refractivity contribution in [1.82, 2.24) is 4.48 Å². The molecule has 0 saturated heterocycles. The molecule has 48 heavy (non-hydrogen) atoms. The van der Waals surface area contributed by atoms with E-state index < -0.39 is 19.5 Å². The Bertz CT molecular complexity index is 2230. The number of aromatic nitrogens is 1. The maximum absolute atomic E-state index is 17.9. The van der Waals surface area contributed by atoms with Crippen LogP contribution >= 0.6 is 22.6 Å². The second kappa shape index (κ2) is 11.6. The normalized spacial score (nSPS) is 15.7. The van der Waals surface area contributed by atoms with Gasteiger partial charge in [-0.05, 0) is 111 Å². The van der Waals surface area contributed by atoms with E-state index in [0.29, 0.717) is 61.6 Å². The maximum Gasteiger partial charge on any atom is 0.642 e. The number of nitrogens with zero attached hydrogens (tertiary/aromatic N) is 3. The van der Waals surface area contributed by atoms with Gasteiger partial charge in [-0.3, -0.25) is 0 Å². The number of rotatable bonds is 7. The minimum Gasteiger partial charge on any atom is -0.497 e. The topological polar surface area (TPSA) is 76.1 Å². The van der Waals surface area contributed by atoms with Crippen LogP contribution in [0.4, 0.5) is 14.4 Å². The van der Waals surface area contributed by atoms with Gasteiger partial charge in [0.1, 0.15) is 17.2 Å². The number of carbonyl (C=O) groups is 1. The molecule has 0 bridgehead atoms. The van der Waals surface area contributed by atoms with Crippen LogP contribution in [0.5, 0.6) is 11.5 Å². The molecule has 1 N–H and O–H groups in total. The summed E-state index contributed by atoms with van der Waals surface area (Å²) in [5, 5.41) is 9.12. The molecule has 8 rings (SSSR count).